The Morgan fingerprint density at radius 3 is 2.40 bits per heavy atom. The maximum atomic E-state index is 14.6. The second-order valence-electron chi connectivity index (χ2n) is 6.20. The SMILES string of the molecule is C=C1NC(=O)C=CN1[C@@H]1O[C@H](COP(=O)(O)OP(=O)(O)OP(=O)(O)O)[C@H](F)C1(C)O. The average molecular weight is 498 g/mol. The number of carbonyl (C=O) groups excluding carboxylic acids is 1. The normalized spacial score (nSPS) is 33.8. The molecule has 0 spiro atoms. The first-order chi connectivity index (χ1) is 13.4. The quantitative estimate of drug-likeness (QED) is 0.234. The molecular formula is C11H18FN2O13P3. The van der Waals surface area contributed by atoms with E-state index in [0.717, 1.165) is 24.1 Å². The average Bonchev–Trinajstić information content (AvgIpc) is 2.73. The van der Waals surface area contributed by atoms with E-state index in [0.29, 0.717) is 0 Å². The van der Waals surface area contributed by atoms with E-state index in [1.165, 1.54) is 0 Å². The van der Waals surface area contributed by atoms with E-state index >= 15 is 0 Å². The number of amides is 1. The fourth-order valence-electron chi connectivity index (χ4n) is 2.53. The van der Waals surface area contributed by atoms with Crippen molar-refractivity contribution in [3.05, 3.63) is 24.7 Å². The molecule has 0 aliphatic carbocycles. The molecule has 0 bridgehead atoms. The van der Waals surface area contributed by atoms with Gasteiger partial charge in [0.2, 0.25) is 0 Å². The Kier molecular flexibility index (Phi) is 7.17. The zero-order valence-electron chi connectivity index (χ0n) is 15.0. The van der Waals surface area contributed by atoms with Gasteiger partial charge in [-0.1, -0.05) is 6.58 Å². The molecule has 0 saturated carbocycles. The van der Waals surface area contributed by atoms with Gasteiger partial charge in [-0.3, -0.25) is 9.32 Å². The standard InChI is InChI=1S/C11H18FN2O13P3/c1-6-13-8(15)3-4-14(6)10-11(2,16)9(12)7(25-10)5-24-29(20,21)27-30(22,23)26-28(17,18)19/h3-4,7,9-10,16H,1,5H2,2H3,(H,13,15)(H,20,21)(H,22,23)(H2,17,18,19)/t7-,9+,10-,11?/m1/s1. The first-order valence-corrected chi connectivity index (χ1v) is 12.2. The molecule has 2 aliphatic rings. The lowest BCUT2D eigenvalue weighted by Crippen LogP contribution is -2.52. The number of hydrogen-bond donors (Lipinski definition) is 6. The van der Waals surface area contributed by atoms with Crippen LogP contribution >= 0.6 is 23.5 Å². The van der Waals surface area contributed by atoms with Crippen molar-refractivity contribution in [2.45, 2.75) is 31.0 Å². The van der Waals surface area contributed by atoms with Crippen LogP contribution in [0.25, 0.3) is 0 Å². The zero-order chi connectivity index (χ0) is 23.1. The molecule has 1 fully saturated rings. The highest BCUT2D eigenvalue weighted by Gasteiger charge is 2.56. The highest BCUT2D eigenvalue weighted by molar-refractivity contribution is 7.66. The van der Waals surface area contributed by atoms with Gasteiger partial charge in [-0.25, -0.2) is 18.1 Å². The minimum Gasteiger partial charge on any atom is -0.382 e. The topological polar surface area (TPSA) is 222 Å². The molecule has 2 heterocycles. The number of ether oxygens (including phenoxy) is 1. The van der Waals surface area contributed by atoms with Crippen molar-refractivity contribution in [1.82, 2.24) is 10.2 Å². The number of hydrogen-bond acceptors (Lipinski definition) is 10. The van der Waals surface area contributed by atoms with Crippen LogP contribution in [-0.2, 0) is 36.4 Å². The largest absolute Gasteiger partial charge is 0.490 e. The number of nitrogens with one attached hydrogen (secondary N) is 1. The molecule has 0 aromatic carbocycles. The number of nitrogens with zero attached hydrogens (tertiary/aromatic N) is 1. The first kappa shape index (κ1) is 25.3. The monoisotopic (exact) mass is 498 g/mol. The van der Waals surface area contributed by atoms with E-state index in [-0.39, 0.29) is 5.82 Å². The molecule has 1 saturated heterocycles. The Bertz CT molecular complexity index is 888. The van der Waals surface area contributed by atoms with Gasteiger partial charge in [-0.15, -0.1) is 0 Å². The number of phosphoric ester groups is 1. The van der Waals surface area contributed by atoms with Crippen molar-refractivity contribution >= 4 is 29.4 Å². The highest BCUT2D eigenvalue weighted by Crippen LogP contribution is 2.66. The summed E-state index contributed by atoms with van der Waals surface area (Å²) in [6, 6.07) is 0. The van der Waals surface area contributed by atoms with Gasteiger partial charge in [0.15, 0.2) is 12.4 Å². The predicted octanol–water partition coefficient (Wildman–Crippen LogP) is -0.440. The van der Waals surface area contributed by atoms with Crippen LogP contribution < -0.4 is 5.32 Å². The van der Waals surface area contributed by atoms with Gasteiger partial charge in [-0.2, -0.15) is 8.62 Å². The van der Waals surface area contributed by atoms with Crippen LogP contribution in [0.1, 0.15) is 6.92 Å². The van der Waals surface area contributed by atoms with Crippen molar-refractivity contribution in [2.24, 2.45) is 0 Å². The lowest BCUT2D eigenvalue weighted by Gasteiger charge is -2.36. The number of alkyl halides is 1. The Morgan fingerprint density at radius 2 is 1.87 bits per heavy atom. The molecule has 2 aliphatic heterocycles. The summed E-state index contributed by atoms with van der Waals surface area (Å²) in [5, 5.41) is 12.7. The molecule has 19 heteroatoms. The Morgan fingerprint density at radius 1 is 1.27 bits per heavy atom. The second kappa shape index (κ2) is 8.51. The smallest absolute Gasteiger partial charge is 0.382 e. The van der Waals surface area contributed by atoms with Gasteiger partial charge >= 0.3 is 23.5 Å². The van der Waals surface area contributed by atoms with Crippen LogP contribution in [0.5, 0.6) is 0 Å². The number of carbonyl (C=O) groups is 1. The van der Waals surface area contributed by atoms with Crippen molar-refractivity contribution in [3.8, 4) is 0 Å². The molecule has 3 unspecified atom stereocenters. The van der Waals surface area contributed by atoms with Gasteiger partial charge in [0.1, 0.15) is 17.5 Å². The third-order valence-electron chi connectivity index (χ3n) is 3.72. The van der Waals surface area contributed by atoms with Crippen LogP contribution in [0, 0.1) is 0 Å². The molecule has 2 rings (SSSR count). The van der Waals surface area contributed by atoms with E-state index < -0.39 is 60.1 Å². The van der Waals surface area contributed by atoms with Crippen LogP contribution in [0.15, 0.2) is 24.7 Å². The summed E-state index contributed by atoms with van der Waals surface area (Å²) >= 11 is 0. The van der Waals surface area contributed by atoms with Gasteiger partial charge in [0.25, 0.3) is 5.91 Å². The summed E-state index contributed by atoms with van der Waals surface area (Å²) in [7, 11) is -16.8. The molecule has 1 amide bonds. The summed E-state index contributed by atoms with van der Waals surface area (Å²) < 4.78 is 64.9. The zero-order valence-corrected chi connectivity index (χ0v) is 17.7. The van der Waals surface area contributed by atoms with E-state index in [1.807, 2.05) is 0 Å². The van der Waals surface area contributed by atoms with Gasteiger partial charge in [0.05, 0.1) is 6.61 Å². The van der Waals surface area contributed by atoms with Gasteiger partial charge in [-0.05, 0) is 6.92 Å². The van der Waals surface area contributed by atoms with E-state index in [2.05, 4.69) is 25.0 Å². The molecule has 0 aromatic rings. The number of halogens is 1. The Hall–Kier alpha value is -0.990. The Balaban J connectivity index is 2.07. The van der Waals surface area contributed by atoms with Crippen molar-refractivity contribution in [3.63, 3.8) is 0 Å². The maximum Gasteiger partial charge on any atom is 0.490 e. The van der Waals surface area contributed by atoms with E-state index in [1.54, 1.807) is 0 Å². The van der Waals surface area contributed by atoms with Crippen molar-refractivity contribution < 1.29 is 65.4 Å². The minimum absolute atomic E-state index is 0.0616. The van der Waals surface area contributed by atoms with Crippen LogP contribution in [0.2, 0.25) is 0 Å². The molecule has 6 atom stereocenters. The van der Waals surface area contributed by atoms with Gasteiger partial charge in [0, 0.05) is 12.3 Å². The Labute approximate surface area is 168 Å². The lowest BCUT2D eigenvalue weighted by molar-refractivity contribution is -0.123. The molecule has 172 valence electrons. The van der Waals surface area contributed by atoms with Crippen LogP contribution in [0.3, 0.4) is 0 Å². The van der Waals surface area contributed by atoms with Crippen molar-refractivity contribution in [2.75, 3.05) is 6.61 Å². The number of aliphatic hydroxyl groups is 1. The molecular weight excluding hydrogens is 480 g/mol. The van der Waals surface area contributed by atoms with Crippen molar-refractivity contribution in [1.29, 1.82) is 0 Å². The molecule has 15 nitrogen and oxygen atoms in total. The van der Waals surface area contributed by atoms with Crippen LogP contribution in [-0.4, -0.2) is 66.2 Å². The fraction of sp³-hybridized carbons (Fsp3) is 0.545. The molecule has 30 heavy (non-hydrogen) atoms. The van der Waals surface area contributed by atoms with E-state index in [4.69, 9.17) is 19.4 Å². The maximum absolute atomic E-state index is 14.6. The fourth-order valence-corrected chi connectivity index (χ4v) is 5.56. The summed E-state index contributed by atoms with van der Waals surface area (Å²) in [5.41, 5.74) is -2.24. The summed E-state index contributed by atoms with van der Waals surface area (Å²) in [4.78, 5) is 47.8. The summed E-state index contributed by atoms with van der Waals surface area (Å²) in [5.74, 6) is -0.594. The highest BCUT2D eigenvalue weighted by atomic mass is 31.3. The number of rotatable bonds is 8. The number of phosphoric acid groups is 3. The summed E-state index contributed by atoms with van der Waals surface area (Å²) in [6.45, 7) is 3.45. The second-order valence-corrected chi connectivity index (χ2v) is 10.6. The van der Waals surface area contributed by atoms with Crippen LogP contribution in [0.4, 0.5) is 4.39 Å². The van der Waals surface area contributed by atoms with Gasteiger partial charge < -0.3 is 39.6 Å². The lowest BCUT2D eigenvalue weighted by atomic mass is 9.97. The molecule has 6 N–H and O–H groups in total. The summed E-state index contributed by atoms with van der Waals surface area (Å²) in [6.07, 6.45) is -3.22. The molecule has 0 radical (unpaired) electrons. The minimum atomic E-state index is -5.74. The van der Waals surface area contributed by atoms with E-state index in [9.17, 15) is 32.9 Å². The first-order valence-electron chi connectivity index (χ1n) is 7.70. The third-order valence-corrected chi connectivity index (χ3v) is 7.53. The molecule has 0 aromatic heterocycles. The third kappa shape index (κ3) is 6.26. The predicted molar refractivity (Wildman–Crippen MR) is 92.3 cm³/mol.